The van der Waals surface area contributed by atoms with Crippen LogP contribution in [-0.2, 0) is 0 Å². The van der Waals surface area contributed by atoms with Crippen molar-refractivity contribution >= 4 is 22.2 Å². The summed E-state index contributed by atoms with van der Waals surface area (Å²) in [5.74, 6) is 0.0212. The molecule has 106 valence electrons. The molecule has 2 aromatic heterocycles. The SMILES string of the molecule is Cc1ccc(-c2nc(C)sc2NC(=O)c2ccco2)cc1. The lowest BCUT2D eigenvalue weighted by molar-refractivity contribution is 0.0997. The second kappa shape index (κ2) is 5.54. The molecule has 1 N–H and O–H groups in total. The van der Waals surface area contributed by atoms with Crippen LogP contribution >= 0.6 is 11.3 Å². The van der Waals surface area contributed by atoms with E-state index in [0.717, 1.165) is 21.3 Å². The first kappa shape index (κ1) is 13.6. The van der Waals surface area contributed by atoms with Crippen LogP contribution in [0.15, 0.2) is 47.1 Å². The average molecular weight is 298 g/mol. The van der Waals surface area contributed by atoms with Gasteiger partial charge in [0, 0.05) is 5.56 Å². The monoisotopic (exact) mass is 298 g/mol. The Labute approximate surface area is 126 Å². The molecule has 2 heterocycles. The lowest BCUT2D eigenvalue weighted by Gasteiger charge is -2.04. The molecule has 0 aliphatic carbocycles. The third kappa shape index (κ3) is 2.87. The molecule has 1 aromatic carbocycles. The van der Waals surface area contributed by atoms with Gasteiger partial charge in [0.1, 0.15) is 10.7 Å². The van der Waals surface area contributed by atoms with Crippen LogP contribution < -0.4 is 5.32 Å². The molecule has 0 unspecified atom stereocenters. The highest BCUT2D eigenvalue weighted by Crippen LogP contribution is 2.33. The summed E-state index contributed by atoms with van der Waals surface area (Å²) in [7, 11) is 0. The van der Waals surface area contributed by atoms with Crippen molar-refractivity contribution in [2.24, 2.45) is 0 Å². The van der Waals surface area contributed by atoms with Crippen molar-refractivity contribution in [2.75, 3.05) is 5.32 Å². The molecular weight excluding hydrogens is 284 g/mol. The number of hydrogen-bond acceptors (Lipinski definition) is 4. The number of rotatable bonds is 3. The van der Waals surface area contributed by atoms with Gasteiger partial charge in [-0.15, -0.1) is 11.3 Å². The molecule has 5 heteroatoms. The predicted molar refractivity (Wildman–Crippen MR) is 83.7 cm³/mol. The summed E-state index contributed by atoms with van der Waals surface area (Å²) in [6.45, 7) is 3.96. The molecule has 0 bridgehead atoms. The van der Waals surface area contributed by atoms with Crippen LogP contribution in [0.3, 0.4) is 0 Å². The molecule has 0 spiro atoms. The van der Waals surface area contributed by atoms with E-state index in [2.05, 4.69) is 10.3 Å². The van der Waals surface area contributed by atoms with E-state index in [9.17, 15) is 4.79 Å². The van der Waals surface area contributed by atoms with Crippen molar-refractivity contribution in [3.63, 3.8) is 0 Å². The van der Waals surface area contributed by atoms with E-state index in [1.807, 2.05) is 38.1 Å². The smallest absolute Gasteiger partial charge is 0.292 e. The van der Waals surface area contributed by atoms with Crippen molar-refractivity contribution in [1.29, 1.82) is 0 Å². The number of nitrogens with one attached hydrogen (secondary N) is 1. The van der Waals surface area contributed by atoms with Crippen molar-refractivity contribution in [3.05, 3.63) is 59.0 Å². The Morgan fingerprint density at radius 3 is 2.62 bits per heavy atom. The predicted octanol–water partition coefficient (Wildman–Crippen LogP) is 4.27. The summed E-state index contributed by atoms with van der Waals surface area (Å²) < 4.78 is 5.11. The van der Waals surface area contributed by atoms with Gasteiger partial charge in [0.25, 0.3) is 5.91 Å². The summed E-state index contributed by atoms with van der Waals surface area (Å²) >= 11 is 1.45. The molecule has 4 nitrogen and oxygen atoms in total. The number of benzene rings is 1. The lowest BCUT2D eigenvalue weighted by Crippen LogP contribution is -2.10. The number of furan rings is 1. The fourth-order valence-electron chi connectivity index (χ4n) is 1.99. The van der Waals surface area contributed by atoms with E-state index < -0.39 is 0 Å². The molecule has 0 atom stereocenters. The minimum Gasteiger partial charge on any atom is -0.459 e. The lowest BCUT2D eigenvalue weighted by atomic mass is 10.1. The third-order valence-corrected chi connectivity index (χ3v) is 3.92. The molecule has 0 radical (unpaired) electrons. The Morgan fingerprint density at radius 2 is 1.95 bits per heavy atom. The van der Waals surface area contributed by atoms with Gasteiger partial charge in [0.05, 0.1) is 11.3 Å². The minimum atomic E-state index is -0.267. The van der Waals surface area contributed by atoms with E-state index in [4.69, 9.17) is 4.42 Å². The number of nitrogens with zero attached hydrogens (tertiary/aromatic N) is 1. The van der Waals surface area contributed by atoms with Gasteiger partial charge in [0.15, 0.2) is 5.76 Å². The molecule has 0 fully saturated rings. The first-order valence-electron chi connectivity index (χ1n) is 6.53. The van der Waals surface area contributed by atoms with Gasteiger partial charge in [0.2, 0.25) is 0 Å². The molecule has 0 saturated carbocycles. The molecule has 3 rings (SSSR count). The number of thiazole rings is 1. The number of hydrogen-bond donors (Lipinski definition) is 1. The normalized spacial score (nSPS) is 10.6. The zero-order chi connectivity index (χ0) is 14.8. The van der Waals surface area contributed by atoms with Crippen LogP contribution in [0.1, 0.15) is 21.1 Å². The van der Waals surface area contributed by atoms with Gasteiger partial charge in [-0.05, 0) is 26.0 Å². The zero-order valence-corrected chi connectivity index (χ0v) is 12.5. The summed E-state index contributed by atoms with van der Waals surface area (Å²) in [5.41, 5.74) is 2.96. The zero-order valence-electron chi connectivity index (χ0n) is 11.7. The highest BCUT2D eigenvalue weighted by Gasteiger charge is 2.16. The number of amides is 1. The summed E-state index contributed by atoms with van der Waals surface area (Å²) in [5, 5.41) is 4.51. The maximum atomic E-state index is 12.1. The first-order valence-corrected chi connectivity index (χ1v) is 7.34. The first-order chi connectivity index (χ1) is 10.1. The Morgan fingerprint density at radius 1 is 1.19 bits per heavy atom. The topological polar surface area (TPSA) is 55.1 Å². The maximum absolute atomic E-state index is 12.1. The number of aromatic nitrogens is 1. The van der Waals surface area contributed by atoms with Gasteiger partial charge in [-0.1, -0.05) is 29.8 Å². The van der Waals surface area contributed by atoms with Gasteiger partial charge < -0.3 is 9.73 Å². The molecule has 3 aromatic rings. The summed E-state index contributed by atoms with van der Waals surface area (Å²) in [4.78, 5) is 16.6. The summed E-state index contributed by atoms with van der Waals surface area (Å²) in [6.07, 6.45) is 1.48. The summed E-state index contributed by atoms with van der Waals surface area (Å²) in [6, 6.07) is 11.4. The number of anilines is 1. The Hall–Kier alpha value is -2.40. The molecule has 1 amide bonds. The molecular formula is C16H14N2O2S. The van der Waals surface area contributed by atoms with Crippen molar-refractivity contribution in [3.8, 4) is 11.3 Å². The van der Waals surface area contributed by atoms with Gasteiger partial charge in [-0.25, -0.2) is 4.98 Å². The molecule has 0 aliphatic heterocycles. The quantitative estimate of drug-likeness (QED) is 0.785. The van der Waals surface area contributed by atoms with Crippen molar-refractivity contribution < 1.29 is 9.21 Å². The second-order valence-corrected chi connectivity index (χ2v) is 5.91. The van der Waals surface area contributed by atoms with E-state index in [0.29, 0.717) is 0 Å². The van der Waals surface area contributed by atoms with Crippen LogP contribution in [-0.4, -0.2) is 10.9 Å². The number of carbonyl (C=O) groups is 1. The van der Waals surface area contributed by atoms with Gasteiger partial charge >= 0.3 is 0 Å². The van der Waals surface area contributed by atoms with Crippen LogP contribution in [0, 0.1) is 13.8 Å². The van der Waals surface area contributed by atoms with Gasteiger partial charge in [-0.3, -0.25) is 4.79 Å². The van der Waals surface area contributed by atoms with Crippen LogP contribution in [0.2, 0.25) is 0 Å². The highest BCUT2D eigenvalue weighted by molar-refractivity contribution is 7.16. The van der Waals surface area contributed by atoms with Gasteiger partial charge in [-0.2, -0.15) is 0 Å². The molecule has 0 aliphatic rings. The van der Waals surface area contributed by atoms with E-state index in [1.165, 1.54) is 23.2 Å². The van der Waals surface area contributed by atoms with Crippen LogP contribution in [0.5, 0.6) is 0 Å². The Balaban J connectivity index is 1.92. The molecule has 21 heavy (non-hydrogen) atoms. The average Bonchev–Trinajstić information content (AvgIpc) is 3.09. The fraction of sp³-hybridized carbons (Fsp3) is 0.125. The Bertz CT molecular complexity index is 758. The van der Waals surface area contributed by atoms with E-state index in [1.54, 1.807) is 12.1 Å². The molecule has 0 saturated heterocycles. The Kier molecular flexibility index (Phi) is 3.58. The number of aryl methyl sites for hydroxylation is 2. The largest absolute Gasteiger partial charge is 0.459 e. The van der Waals surface area contributed by atoms with Crippen LogP contribution in [0.4, 0.5) is 5.00 Å². The van der Waals surface area contributed by atoms with Crippen LogP contribution in [0.25, 0.3) is 11.3 Å². The highest BCUT2D eigenvalue weighted by atomic mass is 32.1. The van der Waals surface area contributed by atoms with E-state index >= 15 is 0 Å². The standard InChI is InChI=1S/C16H14N2O2S/c1-10-5-7-12(8-6-10)14-16(21-11(2)17-14)18-15(19)13-4-3-9-20-13/h3-9H,1-2H3,(H,18,19). The second-order valence-electron chi connectivity index (χ2n) is 4.71. The van der Waals surface area contributed by atoms with E-state index in [-0.39, 0.29) is 11.7 Å². The third-order valence-electron chi connectivity index (χ3n) is 3.03. The minimum absolute atomic E-state index is 0.267. The van der Waals surface area contributed by atoms with Crippen molar-refractivity contribution in [2.45, 2.75) is 13.8 Å². The fourth-order valence-corrected chi connectivity index (χ4v) is 2.83. The van der Waals surface area contributed by atoms with Crippen molar-refractivity contribution in [1.82, 2.24) is 4.98 Å². The maximum Gasteiger partial charge on any atom is 0.292 e. The number of carbonyl (C=O) groups excluding carboxylic acids is 1.